The van der Waals surface area contributed by atoms with Crippen LogP contribution in [-0.4, -0.2) is 65.8 Å². The van der Waals surface area contributed by atoms with Crippen molar-refractivity contribution in [2.24, 2.45) is 10.8 Å². The first-order valence-electron chi connectivity index (χ1n) is 12.2. The summed E-state index contributed by atoms with van der Waals surface area (Å²) in [4.78, 5) is 57.4. The Morgan fingerprint density at radius 2 is 1.44 bits per heavy atom. The maximum Gasteiger partial charge on any atom is 0.332 e. The number of hydrogen-bond donors (Lipinski definition) is 1. The van der Waals surface area contributed by atoms with Crippen LogP contribution < -0.4 is 0 Å². The predicted molar refractivity (Wildman–Crippen MR) is 137 cm³/mol. The van der Waals surface area contributed by atoms with Gasteiger partial charge in [-0.05, 0) is 38.0 Å². The molecule has 0 aliphatic heterocycles. The fourth-order valence-corrected chi connectivity index (χ4v) is 3.15. The molecule has 0 aromatic carbocycles. The summed E-state index contributed by atoms with van der Waals surface area (Å²) < 4.78 is 13.8. The maximum absolute atomic E-state index is 12.7. The van der Waals surface area contributed by atoms with Crippen LogP contribution >= 0.6 is 0 Å². The van der Waals surface area contributed by atoms with Crippen molar-refractivity contribution < 1.29 is 43.3 Å². The van der Waals surface area contributed by atoms with Gasteiger partial charge in [0.25, 0.3) is 6.47 Å². The molecule has 0 aromatic heterocycles. The lowest BCUT2D eigenvalue weighted by molar-refractivity contribution is -0.173. The summed E-state index contributed by atoms with van der Waals surface area (Å²) in [5.41, 5.74) is -0.576. The minimum Gasteiger partial charge on any atom is -0.481 e. The van der Waals surface area contributed by atoms with Gasteiger partial charge >= 0.3 is 17.9 Å². The second-order valence-corrected chi connectivity index (χ2v) is 10.7. The molecule has 36 heavy (non-hydrogen) atoms. The average molecular weight is 520 g/mol. The SMILES string of the molecule is CC.CC(C)(C)OC=O.CCC(C)(C)CC(C)(C)CC(=O)N(C)C(CC(=O)O)C(=O)OCOC(C)=O. The van der Waals surface area contributed by atoms with E-state index in [9.17, 15) is 24.0 Å². The Balaban J connectivity index is -0.00000103. The minimum absolute atomic E-state index is 0.0613. The molecule has 0 bridgehead atoms. The van der Waals surface area contributed by atoms with Crippen LogP contribution in [0.15, 0.2) is 0 Å². The second-order valence-electron chi connectivity index (χ2n) is 10.7. The van der Waals surface area contributed by atoms with Crippen molar-refractivity contribution in [2.75, 3.05) is 13.8 Å². The fraction of sp³-hybridized carbons (Fsp3) is 0.808. The number of rotatable bonds is 12. The quantitative estimate of drug-likeness (QED) is 0.223. The number of carbonyl (C=O) groups is 5. The third kappa shape index (κ3) is 20.7. The van der Waals surface area contributed by atoms with E-state index in [0.717, 1.165) is 24.7 Å². The Morgan fingerprint density at radius 3 is 1.78 bits per heavy atom. The highest BCUT2D eigenvalue weighted by atomic mass is 16.7. The molecule has 1 amide bonds. The van der Waals surface area contributed by atoms with Crippen molar-refractivity contribution in [3.63, 3.8) is 0 Å². The number of carboxylic acid groups (broad SMARTS) is 1. The van der Waals surface area contributed by atoms with Gasteiger partial charge in [-0.3, -0.25) is 19.2 Å². The Bertz CT molecular complexity index is 694. The Hall–Kier alpha value is -2.65. The molecule has 1 atom stereocenters. The fourth-order valence-electron chi connectivity index (χ4n) is 3.15. The zero-order valence-electron chi connectivity index (χ0n) is 24.4. The Kier molecular flexibility index (Phi) is 18.7. The number of esters is 2. The van der Waals surface area contributed by atoms with Crippen LogP contribution in [0.1, 0.15) is 102 Å². The predicted octanol–water partition coefficient (Wildman–Crippen LogP) is 4.58. The van der Waals surface area contributed by atoms with Crippen LogP contribution in [0.25, 0.3) is 0 Å². The third-order valence-corrected chi connectivity index (χ3v) is 4.91. The largest absolute Gasteiger partial charge is 0.481 e. The van der Waals surface area contributed by atoms with Crippen LogP contribution in [0.5, 0.6) is 0 Å². The van der Waals surface area contributed by atoms with E-state index in [2.05, 4.69) is 30.2 Å². The molecular formula is C26H49NO9. The second kappa shape index (κ2) is 17.7. The summed E-state index contributed by atoms with van der Waals surface area (Å²) >= 11 is 0. The standard InChI is InChI=1S/C19H33NO7.C5H10O2.C2H6/c1-8-18(3,4)11-19(5,6)10-15(22)20(7)14(9-16(23)24)17(25)27-12-26-13(2)21;1-5(2,3)7-4-6;1-2/h14H,8-12H2,1-7H3,(H,23,24);4H,1-3H3;1-2H3. The molecule has 0 rings (SSSR count). The van der Waals surface area contributed by atoms with E-state index in [4.69, 9.17) is 9.84 Å². The molecule has 212 valence electrons. The highest BCUT2D eigenvalue weighted by Gasteiger charge is 2.35. The monoisotopic (exact) mass is 519 g/mol. The first-order valence-corrected chi connectivity index (χ1v) is 12.2. The zero-order valence-corrected chi connectivity index (χ0v) is 24.4. The molecule has 0 radical (unpaired) electrons. The van der Waals surface area contributed by atoms with Gasteiger partial charge in [-0.2, -0.15) is 0 Å². The number of likely N-dealkylation sites (N-methyl/N-ethyl adjacent to an activating group) is 1. The molecule has 1 unspecified atom stereocenters. The van der Waals surface area contributed by atoms with Gasteiger partial charge in [0.05, 0.1) is 6.42 Å². The van der Waals surface area contributed by atoms with Gasteiger partial charge in [-0.15, -0.1) is 0 Å². The Morgan fingerprint density at radius 1 is 0.944 bits per heavy atom. The van der Waals surface area contributed by atoms with E-state index < -0.39 is 37.2 Å². The molecule has 0 heterocycles. The number of carbonyl (C=O) groups excluding carboxylic acids is 4. The highest BCUT2D eigenvalue weighted by molar-refractivity contribution is 5.87. The lowest BCUT2D eigenvalue weighted by Crippen LogP contribution is -2.46. The number of aliphatic carboxylic acids is 1. The molecule has 0 aromatic rings. The van der Waals surface area contributed by atoms with Gasteiger partial charge in [0.2, 0.25) is 12.7 Å². The summed E-state index contributed by atoms with van der Waals surface area (Å²) in [7, 11) is 1.38. The first-order chi connectivity index (χ1) is 16.3. The number of carboxylic acids is 1. The van der Waals surface area contributed by atoms with E-state index in [-0.39, 0.29) is 28.8 Å². The van der Waals surface area contributed by atoms with E-state index >= 15 is 0 Å². The lowest BCUT2D eigenvalue weighted by Gasteiger charge is -2.35. The van der Waals surface area contributed by atoms with Crippen LogP contribution in [0.3, 0.4) is 0 Å². The minimum atomic E-state index is -1.29. The van der Waals surface area contributed by atoms with E-state index in [1.807, 2.05) is 48.5 Å². The molecule has 0 saturated carbocycles. The summed E-state index contributed by atoms with van der Waals surface area (Å²) in [5.74, 6) is -3.15. The summed E-state index contributed by atoms with van der Waals surface area (Å²) in [5, 5.41) is 9.06. The van der Waals surface area contributed by atoms with Crippen molar-refractivity contribution in [1.82, 2.24) is 4.90 Å². The van der Waals surface area contributed by atoms with Crippen LogP contribution in [0.2, 0.25) is 0 Å². The van der Waals surface area contributed by atoms with Gasteiger partial charge in [-0.25, -0.2) is 4.79 Å². The molecule has 0 saturated heterocycles. The van der Waals surface area contributed by atoms with Crippen molar-refractivity contribution in [3.05, 3.63) is 0 Å². The number of ether oxygens (including phenoxy) is 3. The number of nitrogens with zero attached hydrogens (tertiary/aromatic N) is 1. The van der Waals surface area contributed by atoms with E-state index in [0.29, 0.717) is 6.47 Å². The highest BCUT2D eigenvalue weighted by Crippen LogP contribution is 2.38. The van der Waals surface area contributed by atoms with Crippen molar-refractivity contribution in [3.8, 4) is 0 Å². The molecule has 0 fully saturated rings. The van der Waals surface area contributed by atoms with Gasteiger partial charge in [-0.1, -0.05) is 54.9 Å². The smallest absolute Gasteiger partial charge is 0.332 e. The van der Waals surface area contributed by atoms with Crippen LogP contribution in [-0.2, 0) is 38.2 Å². The van der Waals surface area contributed by atoms with Crippen LogP contribution in [0.4, 0.5) is 0 Å². The average Bonchev–Trinajstić information content (AvgIpc) is 2.70. The molecule has 1 N–H and O–H groups in total. The molecule has 0 spiro atoms. The van der Waals surface area contributed by atoms with Crippen molar-refractivity contribution in [2.45, 2.75) is 113 Å². The van der Waals surface area contributed by atoms with Gasteiger partial charge in [0.1, 0.15) is 11.6 Å². The lowest BCUT2D eigenvalue weighted by atomic mass is 9.72. The zero-order chi connectivity index (χ0) is 29.3. The topological polar surface area (TPSA) is 137 Å². The number of hydrogen-bond acceptors (Lipinski definition) is 8. The summed E-state index contributed by atoms with van der Waals surface area (Å²) in [6.07, 6.45) is 1.34. The molecule has 10 nitrogen and oxygen atoms in total. The molecule has 10 heteroatoms. The normalized spacial score (nSPS) is 11.9. The molecule has 0 aliphatic carbocycles. The summed E-state index contributed by atoms with van der Waals surface area (Å²) in [6, 6.07) is -1.29. The number of amides is 1. The third-order valence-electron chi connectivity index (χ3n) is 4.91. The first kappa shape index (κ1) is 37.9. The van der Waals surface area contributed by atoms with Gasteiger partial charge in [0.15, 0.2) is 0 Å². The van der Waals surface area contributed by atoms with Crippen molar-refractivity contribution in [1.29, 1.82) is 0 Å². The molecule has 0 aliphatic rings. The van der Waals surface area contributed by atoms with Gasteiger partial charge < -0.3 is 24.2 Å². The molecular weight excluding hydrogens is 470 g/mol. The van der Waals surface area contributed by atoms with Gasteiger partial charge in [0, 0.05) is 20.4 Å². The van der Waals surface area contributed by atoms with Crippen LogP contribution in [0, 0.1) is 10.8 Å². The van der Waals surface area contributed by atoms with Crippen molar-refractivity contribution >= 4 is 30.3 Å². The van der Waals surface area contributed by atoms with E-state index in [1.54, 1.807) is 0 Å². The summed E-state index contributed by atoms with van der Waals surface area (Å²) in [6.45, 7) is 20.7. The van der Waals surface area contributed by atoms with E-state index in [1.165, 1.54) is 7.05 Å². The Labute approximate surface area is 217 Å². The maximum atomic E-state index is 12.7.